The van der Waals surface area contributed by atoms with Gasteiger partial charge < -0.3 is 15.5 Å². The number of nitrogens with one attached hydrogen (secondary N) is 1. The number of nitrogens with two attached hydrogens (primary N) is 1. The molecule has 3 rings (SSSR count). The van der Waals surface area contributed by atoms with Gasteiger partial charge in [0.25, 0.3) is 0 Å². The quantitative estimate of drug-likeness (QED) is 0.652. The third-order valence-corrected chi connectivity index (χ3v) is 4.43. The molecule has 24 heavy (non-hydrogen) atoms. The SMILES string of the molecule is COc1c(C)cccc1-c1[nH]c2ccc(F)cc2c1CCCCN. The van der Waals surface area contributed by atoms with Crippen molar-refractivity contribution in [2.45, 2.75) is 26.2 Å². The summed E-state index contributed by atoms with van der Waals surface area (Å²) in [7, 11) is 1.68. The van der Waals surface area contributed by atoms with Gasteiger partial charge in [0.15, 0.2) is 0 Å². The van der Waals surface area contributed by atoms with Crippen molar-refractivity contribution in [2.24, 2.45) is 5.73 Å². The summed E-state index contributed by atoms with van der Waals surface area (Å²) in [6, 6.07) is 11.0. The van der Waals surface area contributed by atoms with Crippen LogP contribution in [-0.4, -0.2) is 18.6 Å². The molecule has 126 valence electrons. The minimum absolute atomic E-state index is 0.218. The maximum absolute atomic E-state index is 13.8. The molecule has 0 amide bonds. The average molecular weight is 326 g/mol. The number of unbranched alkanes of at least 4 members (excludes halogenated alkanes) is 1. The van der Waals surface area contributed by atoms with E-state index in [0.717, 1.165) is 58.3 Å². The predicted octanol–water partition coefficient (Wildman–Crippen LogP) is 4.57. The Labute approximate surface area is 141 Å². The smallest absolute Gasteiger partial charge is 0.131 e. The van der Waals surface area contributed by atoms with Gasteiger partial charge in [0.2, 0.25) is 0 Å². The summed E-state index contributed by atoms with van der Waals surface area (Å²) in [5.74, 6) is 0.633. The molecule has 0 aliphatic heterocycles. The Morgan fingerprint density at radius 3 is 2.75 bits per heavy atom. The first-order chi connectivity index (χ1) is 11.7. The molecule has 0 fully saturated rings. The van der Waals surface area contributed by atoms with Crippen molar-refractivity contribution in [2.75, 3.05) is 13.7 Å². The van der Waals surface area contributed by atoms with Gasteiger partial charge in [-0.05, 0) is 68.1 Å². The fourth-order valence-corrected chi connectivity index (χ4v) is 3.28. The van der Waals surface area contributed by atoms with E-state index in [1.807, 2.05) is 25.1 Å². The third kappa shape index (κ3) is 3.02. The van der Waals surface area contributed by atoms with Crippen LogP contribution in [-0.2, 0) is 6.42 Å². The van der Waals surface area contributed by atoms with Crippen molar-refractivity contribution in [1.29, 1.82) is 0 Å². The van der Waals surface area contributed by atoms with Gasteiger partial charge >= 0.3 is 0 Å². The average Bonchev–Trinajstić information content (AvgIpc) is 2.93. The summed E-state index contributed by atoms with van der Waals surface area (Å²) in [6.07, 6.45) is 2.78. The Bertz CT molecular complexity index is 854. The molecule has 0 spiro atoms. The Kier molecular flexibility index (Phi) is 4.86. The topological polar surface area (TPSA) is 51.0 Å². The second kappa shape index (κ2) is 7.05. The second-order valence-corrected chi connectivity index (χ2v) is 6.07. The lowest BCUT2D eigenvalue weighted by Crippen LogP contribution is -2.00. The van der Waals surface area contributed by atoms with Crippen LogP contribution in [0.5, 0.6) is 5.75 Å². The van der Waals surface area contributed by atoms with E-state index in [9.17, 15) is 4.39 Å². The van der Waals surface area contributed by atoms with Gasteiger partial charge in [0, 0.05) is 16.5 Å². The van der Waals surface area contributed by atoms with Crippen LogP contribution >= 0.6 is 0 Å². The van der Waals surface area contributed by atoms with E-state index in [2.05, 4.69) is 4.98 Å². The van der Waals surface area contributed by atoms with Gasteiger partial charge in [-0.1, -0.05) is 12.1 Å². The number of ether oxygens (including phenoxy) is 1. The summed E-state index contributed by atoms with van der Waals surface area (Å²) in [5, 5.41) is 0.936. The van der Waals surface area contributed by atoms with Crippen LogP contribution in [0.4, 0.5) is 4.39 Å². The molecule has 0 saturated carbocycles. The molecule has 3 aromatic rings. The predicted molar refractivity (Wildman–Crippen MR) is 97.0 cm³/mol. The molecule has 0 saturated heterocycles. The molecule has 0 radical (unpaired) electrons. The summed E-state index contributed by atoms with van der Waals surface area (Å²) in [5.41, 5.74) is 10.8. The summed E-state index contributed by atoms with van der Waals surface area (Å²) >= 11 is 0. The van der Waals surface area contributed by atoms with E-state index < -0.39 is 0 Å². The highest BCUT2D eigenvalue weighted by Crippen LogP contribution is 2.38. The molecule has 3 nitrogen and oxygen atoms in total. The molecular weight excluding hydrogens is 303 g/mol. The van der Waals surface area contributed by atoms with Gasteiger partial charge in [0.1, 0.15) is 11.6 Å². The number of rotatable bonds is 6. The highest BCUT2D eigenvalue weighted by atomic mass is 19.1. The first kappa shape index (κ1) is 16.5. The number of aromatic amines is 1. The number of benzene rings is 2. The van der Waals surface area contributed by atoms with Crippen LogP contribution in [0.2, 0.25) is 0 Å². The number of hydrogen-bond donors (Lipinski definition) is 2. The standard InChI is InChI=1S/C20H23FN2O/c1-13-6-5-8-16(20(13)24-2)19-15(7-3-4-11-22)17-12-14(21)9-10-18(17)23-19/h5-6,8-10,12,23H,3-4,7,11,22H2,1-2H3. The molecule has 1 aromatic heterocycles. The molecule has 0 aliphatic rings. The number of fused-ring (bicyclic) bond motifs is 1. The summed E-state index contributed by atoms with van der Waals surface area (Å²) in [6.45, 7) is 2.69. The first-order valence-electron chi connectivity index (χ1n) is 8.30. The summed E-state index contributed by atoms with van der Waals surface area (Å²) in [4.78, 5) is 3.46. The fraction of sp³-hybridized carbons (Fsp3) is 0.300. The molecule has 4 heteroatoms. The molecular formula is C20H23FN2O. The molecule has 1 heterocycles. The fourth-order valence-electron chi connectivity index (χ4n) is 3.28. The number of hydrogen-bond acceptors (Lipinski definition) is 2. The maximum Gasteiger partial charge on any atom is 0.131 e. The number of H-pyrrole nitrogens is 1. The minimum Gasteiger partial charge on any atom is -0.496 e. The van der Waals surface area contributed by atoms with E-state index in [4.69, 9.17) is 10.5 Å². The van der Waals surface area contributed by atoms with Crippen LogP contribution in [0.15, 0.2) is 36.4 Å². The van der Waals surface area contributed by atoms with Crippen LogP contribution < -0.4 is 10.5 Å². The molecule has 0 bridgehead atoms. The van der Waals surface area contributed by atoms with Crippen LogP contribution in [0.3, 0.4) is 0 Å². The summed E-state index contributed by atoms with van der Waals surface area (Å²) < 4.78 is 19.4. The van der Waals surface area contributed by atoms with Crippen molar-refractivity contribution in [3.8, 4) is 17.0 Å². The van der Waals surface area contributed by atoms with Gasteiger partial charge in [-0.15, -0.1) is 0 Å². The number of methoxy groups -OCH3 is 1. The molecule has 3 N–H and O–H groups in total. The molecule has 0 aliphatic carbocycles. The Balaban J connectivity index is 2.19. The zero-order valence-electron chi connectivity index (χ0n) is 14.2. The van der Waals surface area contributed by atoms with Crippen molar-refractivity contribution in [3.63, 3.8) is 0 Å². The number of halogens is 1. The van der Waals surface area contributed by atoms with E-state index in [1.54, 1.807) is 19.2 Å². The van der Waals surface area contributed by atoms with Gasteiger partial charge in [-0.2, -0.15) is 0 Å². The Morgan fingerprint density at radius 1 is 1.17 bits per heavy atom. The van der Waals surface area contributed by atoms with E-state index in [-0.39, 0.29) is 5.82 Å². The monoisotopic (exact) mass is 326 g/mol. The first-order valence-corrected chi connectivity index (χ1v) is 8.30. The lowest BCUT2D eigenvalue weighted by atomic mass is 9.98. The van der Waals surface area contributed by atoms with E-state index in [0.29, 0.717) is 6.54 Å². The minimum atomic E-state index is -0.218. The zero-order chi connectivity index (χ0) is 17.1. The highest BCUT2D eigenvalue weighted by molar-refractivity contribution is 5.92. The van der Waals surface area contributed by atoms with Gasteiger partial charge in [0.05, 0.1) is 12.8 Å². The molecule has 2 aromatic carbocycles. The van der Waals surface area contributed by atoms with Crippen molar-refractivity contribution in [1.82, 2.24) is 4.98 Å². The van der Waals surface area contributed by atoms with Crippen molar-refractivity contribution < 1.29 is 9.13 Å². The second-order valence-electron chi connectivity index (χ2n) is 6.07. The van der Waals surface area contributed by atoms with Crippen LogP contribution in [0, 0.1) is 12.7 Å². The molecule has 0 atom stereocenters. The largest absolute Gasteiger partial charge is 0.496 e. The van der Waals surface area contributed by atoms with Gasteiger partial charge in [-0.3, -0.25) is 0 Å². The Morgan fingerprint density at radius 2 is 2.00 bits per heavy atom. The van der Waals surface area contributed by atoms with Crippen molar-refractivity contribution in [3.05, 3.63) is 53.3 Å². The van der Waals surface area contributed by atoms with E-state index in [1.165, 1.54) is 6.07 Å². The van der Waals surface area contributed by atoms with Crippen LogP contribution in [0.25, 0.3) is 22.2 Å². The Hall–Kier alpha value is -2.33. The maximum atomic E-state index is 13.8. The third-order valence-electron chi connectivity index (χ3n) is 4.43. The molecule has 0 unspecified atom stereocenters. The van der Waals surface area contributed by atoms with Gasteiger partial charge in [-0.25, -0.2) is 4.39 Å². The zero-order valence-corrected chi connectivity index (χ0v) is 14.2. The normalized spacial score (nSPS) is 11.2. The lowest BCUT2D eigenvalue weighted by molar-refractivity contribution is 0.413. The highest BCUT2D eigenvalue weighted by Gasteiger charge is 2.17. The van der Waals surface area contributed by atoms with E-state index >= 15 is 0 Å². The van der Waals surface area contributed by atoms with Crippen molar-refractivity contribution >= 4 is 10.9 Å². The number of para-hydroxylation sites is 1. The number of aryl methyl sites for hydroxylation is 2. The number of aromatic nitrogens is 1. The lowest BCUT2D eigenvalue weighted by Gasteiger charge is -2.12. The van der Waals surface area contributed by atoms with Crippen LogP contribution in [0.1, 0.15) is 24.0 Å².